The van der Waals surface area contributed by atoms with Crippen molar-refractivity contribution in [2.45, 2.75) is 33.7 Å². The molecule has 6 heteroatoms. The SMILES string of the molecule is CCN(Cc1ccccc1)C(=O)Cc1c(-c2ccc(OC)cc2)nn2c(C)cc(C)nc12. The van der Waals surface area contributed by atoms with E-state index in [4.69, 9.17) is 14.8 Å². The molecule has 2 heterocycles. The van der Waals surface area contributed by atoms with Crippen LogP contribution in [0.25, 0.3) is 16.9 Å². The molecule has 0 N–H and O–H groups in total. The van der Waals surface area contributed by atoms with E-state index < -0.39 is 0 Å². The quantitative estimate of drug-likeness (QED) is 0.431. The van der Waals surface area contributed by atoms with Crippen molar-refractivity contribution in [1.29, 1.82) is 0 Å². The number of benzene rings is 2. The monoisotopic (exact) mass is 428 g/mol. The molecule has 0 saturated heterocycles. The van der Waals surface area contributed by atoms with Crippen LogP contribution in [0, 0.1) is 13.8 Å². The first-order chi connectivity index (χ1) is 15.5. The second kappa shape index (κ2) is 9.22. The van der Waals surface area contributed by atoms with Crippen LogP contribution < -0.4 is 4.74 Å². The van der Waals surface area contributed by atoms with E-state index in [1.54, 1.807) is 7.11 Å². The molecule has 0 radical (unpaired) electrons. The van der Waals surface area contributed by atoms with Gasteiger partial charge in [0, 0.05) is 35.6 Å². The van der Waals surface area contributed by atoms with Gasteiger partial charge in [0.25, 0.3) is 0 Å². The zero-order valence-electron chi connectivity index (χ0n) is 19.0. The van der Waals surface area contributed by atoms with Crippen molar-refractivity contribution in [2.24, 2.45) is 0 Å². The Morgan fingerprint density at radius 2 is 1.78 bits per heavy atom. The normalized spacial score (nSPS) is 11.0. The van der Waals surface area contributed by atoms with E-state index in [0.29, 0.717) is 13.1 Å². The lowest BCUT2D eigenvalue weighted by molar-refractivity contribution is -0.130. The number of rotatable bonds is 7. The summed E-state index contributed by atoms with van der Waals surface area (Å²) in [4.78, 5) is 20.0. The Morgan fingerprint density at radius 3 is 2.44 bits per heavy atom. The average molecular weight is 429 g/mol. The summed E-state index contributed by atoms with van der Waals surface area (Å²) in [5, 5.41) is 4.84. The number of carbonyl (C=O) groups excluding carboxylic acids is 1. The Balaban J connectivity index is 1.74. The smallest absolute Gasteiger partial charge is 0.227 e. The van der Waals surface area contributed by atoms with Crippen LogP contribution in [0.3, 0.4) is 0 Å². The van der Waals surface area contributed by atoms with Crippen molar-refractivity contribution in [3.8, 4) is 17.0 Å². The lowest BCUT2D eigenvalue weighted by Crippen LogP contribution is -2.31. The van der Waals surface area contributed by atoms with Crippen LogP contribution in [0.4, 0.5) is 0 Å². The maximum atomic E-state index is 13.4. The van der Waals surface area contributed by atoms with E-state index in [1.165, 1.54) is 0 Å². The van der Waals surface area contributed by atoms with Gasteiger partial charge in [0.1, 0.15) is 5.75 Å². The molecule has 4 rings (SSSR count). The third-order valence-electron chi connectivity index (χ3n) is 5.63. The number of fused-ring (bicyclic) bond motifs is 1. The molecule has 1 amide bonds. The number of carbonyl (C=O) groups is 1. The third kappa shape index (κ3) is 4.35. The second-order valence-corrected chi connectivity index (χ2v) is 7.90. The van der Waals surface area contributed by atoms with E-state index in [1.807, 2.05) is 90.9 Å². The van der Waals surface area contributed by atoms with Gasteiger partial charge in [-0.15, -0.1) is 0 Å². The first-order valence-corrected chi connectivity index (χ1v) is 10.8. The van der Waals surface area contributed by atoms with E-state index >= 15 is 0 Å². The Bertz CT molecular complexity index is 1230. The van der Waals surface area contributed by atoms with Gasteiger partial charge in [-0.1, -0.05) is 30.3 Å². The summed E-state index contributed by atoms with van der Waals surface area (Å²) in [5.41, 5.74) is 6.29. The Kier molecular flexibility index (Phi) is 6.21. The Labute approximate surface area is 188 Å². The highest BCUT2D eigenvalue weighted by Gasteiger charge is 2.22. The minimum absolute atomic E-state index is 0.0574. The van der Waals surface area contributed by atoms with E-state index in [9.17, 15) is 4.79 Å². The van der Waals surface area contributed by atoms with Crippen LogP contribution in [0.1, 0.15) is 29.4 Å². The van der Waals surface area contributed by atoms with Gasteiger partial charge >= 0.3 is 0 Å². The Morgan fingerprint density at radius 1 is 1.06 bits per heavy atom. The van der Waals surface area contributed by atoms with Gasteiger partial charge in [0.2, 0.25) is 5.91 Å². The van der Waals surface area contributed by atoms with Gasteiger partial charge in [0.05, 0.1) is 19.2 Å². The molecule has 0 atom stereocenters. The molecule has 0 aliphatic heterocycles. The number of hydrogen-bond donors (Lipinski definition) is 0. The number of likely N-dealkylation sites (N-methyl/N-ethyl adjacent to an activating group) is 1. The van der Waals surface area contributed by atoms with Gasteiger partial charge in [-0.2, -0.15) is 5.10 Å². The summed E-state index contributed by atoms with van der Waals surface area (Å²) in [6.45, 7) is 7.20. The molecule has 6 nitrogen and oxygen atoms in total. The van der Waals surface area contributed by atoms with Crippen molar-refractivity contribution in [3.05, 3.63) is 83.2 Å². The van der Waals surface area contributed by atoms with Crippen molar-refractivity contribution < 1.29 is 9.53 Å². The van der Waals surface area contributed by atoms with Crippen molar-refractivity contribution in [1.82, 2.24) is 19.5 Å². The van der Waals surface area contributed by atoms with Crippen LogP contribution in [-0.4, -0.2) is 39.1 Å². The number of methoxy groups -OCH3 is 1. The highest BCUT2D eigenvalue weighted by molar-refractivity contribution is 5.84. The molecule has 0 bridgehead atoms. The second-order valence-electron chi connectivity index (χ2n) is 7.90. The molecule has 0 aliphatic rings. The van der Waals surface area contributed by atoms with Crippen molar-refractivity contribution >= 4 is 11.6 Å². The van der Waals surface area contributed by atoms with Crippen LogP contribution in [0.2, 0.25) is 0 Å². The van der Waals surface area contributed by atoms with Crippen LogP contribution >= 0.6 is 0 Å². The predicted octanol–water partition coefficient (Wildman–Crippen LogP) is 4.61. The maximum absolute atomic E-state index is 13.4. The molecule has 0 unspecified atom stereocenters. The van der Waals surface area contributed by atoms with Gasteiger partial charge in [-0.3, -0.25) is 4.79 Å². The molecule has 2 aromatic heterocycles. The van der Waals surface area contributed by atoms with Gasteiger partial charge in [0.15, 0.2) is 5.65 Å². The summed E-state index contributed by atoms with van der Waals surface area (Å²) >= 11 is 0. The van der Waals surface area contributed by atoms with Crippen molar-refractivity contribution in [3.63, 3.8) is 0 Å². The predicted molar refractivity (Wildman–Crippen MR) is 126 cm³/mol. The minimum atomic E-state index is 0.0574. The van der Waals surface area contributed by atoms with Crippen LogP contribution in [-0.2, 0) is 17.8 Å². The zero-order chi connectivity index (χ0) is 22.7. The lowest BCUT2D eigenvalue weighted by atomic mass is 10.0. The minimum Gasteiger partial charge on any atom is -0.497 e. The number of hydrogen-bond acceptors (Lipinski definition) is 4. The van der Waals surface area contributed by atoms with Crippen LogP contribution in [0.15, 0.2) is 60.7 Å². The number of aryl methyl sites for hydroxylation is 2. The fourth-order valence-electron chi connectivity index (χ4n) is 3.95. The molecule has 164 valence electrons. The summed E-state index contributed by atoms with van der Waals surface area (Å²) < 4.78 is 7.13. The first-order valence-electron chi connectivity index (χ1n) is 10.8. The van der Waals surface area contributed by atoms with Crippen LogP contribution in [0.5, 0.6) is 5.75 Å². The maximum Gasteiger partial charge on any atom is 0.227 e. The summed E-state index contributed by atoms with van der Waals surface area (Å²) in [5.74, 6) is 0.835. The molecule has 4 aromatic rings. The van der Waals surface area contributed by atoms with E-state index in [-0.39, 0.29) is 12.3 Å². The first kappa shape index (κ1) is 21.6. The molecule has 0 saturated carbocycles. The fraction of sp³-hybridized carbons (Fsp3) is 0.269. The molecule has 32 heavy (non-hydrogen) atoms. The van der Waals surface area contributed by atoms with E-state index in [2.05, 4.69) is 0 Å². The zero-order valence-corrected chi connectivity index (χ0v) is 19.0. The largest absolute Gasteiger partial charge is 0.497 e. The summed E-state index contributed by atoms with van der Waals surface area (Å²) in [6.07, 6.45) is 0.238. The molecule has 0 fully saturated rings. The highest BCUT2D eigenvalue weighted by Crippen LogP contribution is 2.29. The van der Waals surface area contributed by atoms with Gasteiger partial charge in [-0.05, 0) is 56.7 Å². The number of aromatic nitrogens is 3. The highest BCUT2D eigenvalue weighted by atomic mass is 16.5. The number of ether oxygens (including phenoxy) is 1. The number of nitrogens with zero attached hydrogens (tertiary/aromatic N) is 4. The number of amides is 1. The fourth-order valence-corrected chi connectivity index (χ4v) is 3.95. The van der Waals surface area contributed by atoms with Gasteiger partial charge in [-0.25, -0.2) is 9.50 Å². The third-order valence-corrected chi connectivity index (χ3v) is 5.63. The Hall–Kier alpha value is -3.67. The molecule has 0 spiro atoms. The van der Waals surface area contributed by atoms with E-state index in [0.717, 1.165) is 45.2 Å². The lowest BCUT2D eigenvalue weighted by Gasteiger charge is -2.21. The summed E-state index contributed by atoms with van der Waals surface area (Å²) in [7, 11) is 1.64. The molecule has 2 aromatic carbocycles. The average Bonchev–Trinajstić information content (AvgIpc) is 3.16. The van der Waals surface area contributed by atoms with Gasteiger partial charge < -0.3 is 9.64 Å². The summed E-state index contributed by atoms with van der Waals surface area (Å²) in [6, 6.07) is 19.8. The molecular weight excluding hydrogens is 400 g/mol. The molecule has 0 aliphatic carbocycles. The van der Waals surface area contributed by atoms with Crippen molar-refractivity contribution in [2.75, 3.05) is 13.7 Å². The topological polar surface area (TPSA) is 59.7 Å². The molecular formula is C26H28N4O2. The standard InChI is InChI=1S/C26H28N4O2/c1-5-29(17-20-9-7-6-8-10-20)24(31)16-23-25(21-11-13-22(32-4)14-12-21)28-30-19(3)15-18(2)27-26(23)30/h6-15H,5,16-17H2,1-4H3.